The van der Waals surface area contributed by atoms with Crippen LogP contribution in [0.5, 0.6) is 0 Å². The van der Waals surface area contributed by atoms with Gasteiger partial charge in [0.25, 0.3) is 0 Å². The number of aliphatic hydroxyl groups excluding tert-OH is 1. The van der Waals surface area contributed by atoms with Crippen molar-refractivity contribution in [3.05, 3.63) is 39.8 Å². The van der Waals surface area contributed by atoms with Crippen LogP contribution >= 0.6 is 11.8 Å². The first-order valence-electron chi connectivity index (χ1n) is 5.11. The molecule has 1 aromatic heterocycles. The van der Waals surface area contributed by atoms with Crippen molar-refractivity contribution in [2.24, 2.45) is 7.05 Å². The topological polar surface area (TPSA) is 70.9 Å². The van der Waals surface area contributed by atoms with E-state index in [1.54, 1.807) is 7.05 Å². The first-order valence-corrected chi connectivity index (χ1v) is 5.93. The molecular formula is C11H13N3O2S. The average molecular weight is 251 g/mol. The Balaban J connectivity index is 2.30. The zero-order chi connectivity index (χ0) is 12.4. The number of benzene rings is 1. The third-order valence-electron chi connectivity index (χ3n) is 2.46. The zero-order valence-corrected chi connectivity index (χ0v) is 10.4. The highest BCUT2D eigenvalue weighted by Crippen LogP contribution is 2.28. The molecule has 0 fully saturated rings. The maximum atomic E-state index is 11.2. The van der Waals surface area contributed by atoms with Crippen molar-refractivity contribution < 1.29 is 5.11 Å². The quantitative estimate of drug-likeness (QED) is 0.855. The molecular weight excluding hydrogens is 238 g/mol. The number of H-pyrrole nitrogens is 1. The van der Waals surface area contributed by atoms with Crippen molar-refractivity contribution in [1.82, 2.24) is 14.8 Å². The number of nitrogens with zero attached hydrogens (tertiary/aromatic N) is 2. The van der Waals surface area contributed by atoms with Crippen LogP contribution in [0.2, 0.25) is 0 Å². The lowest BCUT2D eigenvalue weighted by Gasteiger charge is -2.06. The molecule has 0 spiro atoms. The van der Waals surface area contributed by atoms with Crippen LogP contribution in [0.15, 0.2) is 33.0 Å². The maximum Gasteiger partial charge on any atom is 0.343 e. The van der Waals surface area contributed by atoms with E-state index in [9.17, 15) is 4.79 Å². The SMILES string of the molecule is Cc1cc(CO)ccc1Sc1n[nH]c(=O)n1C. The molecule has 0 saturated heterocycles. The molecule has 2 aromatic rings. The second kappa shape index (κ2) is 4.77. The summed E-state index contributed by atoms with van der Waals surface area (Å²) in [6, 6.07) is 5.71. The van der Waals surface area contributed by atoms with Gasteiger partial charge < -0.3 is 5.11 Å². The Labute approximate surface area is 102 Å². The van der Waals surface area contributed by atoms with E-state index in [0.29, 0.717) is 5.16 Å². The number of aromatic amines is 1. The molecule has 1 aromatic carbocycles. The van der Waals surface area contributed by atoms with Gasteiger partial charge >= 0.3 is 5.69 Å². The predicted molar refractivity (Wildman–Crippen MR) is 65.1 cm³/mol. The summed E-state index contributed by atoms with van der Waals surface area (Å²) in [6.45, 7) is 2.00. The summed E-state index contributed by atoms with van der Waals surface area (Å²) in [7, 11) is 1.67. The number of aliphatic hydroxyl groups is 1. The molecule has 0 unspecified atom stereocenters. The summed E-state index contributed by atoms with van der Waals surface area (Å²) in [5, 5.41) is 16.0. The van der Waals surface area contributed by atoms with Gasteiger partial charge in [0.2, 0.25) is 0 Å². The monoisotopic (exact) mass is 251 g/mol. The van der Waals surface area contributed by atoms with Gasteiger partial charge in [0, 0.05) is 11.9 Å². The molecule has 0 aliphatic rings. The minimum atomic E-state index is -0.225. The number of nitrogens with one attached hydrogen (secondary N) is 1. The lowest BCUT2D eigenvalue weighted by molar-refractivity contribution is 0.281. The summed E-state index contributed by atoms with van der Waals surface area (Å²) in [6.07, 6.45) is 0. The largest absolute Gasteiger partial charge is 0.392 e. The normalized spacial score (nSPS) is 10.8. The molecule has 6 heteroatoms. The lowest BCUT2D eigenvalue weighted by atomic mass is 10.1. The molecule has 5 nitrogen and oxygen atoms in total. The van der Waals surface area contributed by atoms with Crippen LogP contribution in [0, 0.1) is 6.92 Å². The van der Waals surface area contributed by atoms with Gasteiger partial charge in [-0.3, -0.25) is 4.57 Å². The van der Waals surface area contributed by atoms with Gasteiger partial charge in [-0.2, -0.15) is 0 Å². The van der Waals surface area contributed by atoms with Crippen LogP contribution in [0.25, 0.3) is 0 Å². The van der Waals surface area contributed by atoms with E-state index in [1.165, 1.54) is 16.3 Å². The minimum absolute atomic E-state index is 0.0344. The zero-order valence-electron chi connectivity index (χ0n) is 9.60. The van der Waals surface area contributed by atoms with Crippen molar-refractivity contribution in [2.75, 3.05) is 0 Å². The van der Waals surface area contributed by atoms with E-state index < -0.39 is 0 Å². The summed E-state index contributed by atoms with van der Waals surface area (Å²) in [4.78, 5) is 12.2. The van der Waals surface area contributed by atoms with Gasteiger partial charge in [0.05, 0.1) is 6.61 Å². The summed E-state index contributed by atoms with van der Waals surface area (Å²) >= 11 is 1.42. The van der Waals surface area contributed by atoms with E-state index >= 15 is 0 Å². The highest BCUT2D eigenvalue weighted by molar-refractivity contribution is 7.99. The average Bonchev–Trinajstić information content (AvgIpc) is 2.63. The molecule has 90 valence electrons. The number of aromatic nitrogens is 3. The maximum absolute atomic E-state index is 11.2. The highest BCUT2D eigenvalue weighted by atomic mass is 32.2. The number of hydrogen-bond donors (Lipinski definition) is 2. The molecule has 0 atom stereocenters. The molecule has 0 radical (unpaired) electrons. The molecule has 2 N–H and O–H groups in total. The van der Waals surface area contributed by atoms with E-state index in [2.05, 4.69) is 10.2 Å². The fourth-order valence-corrected chi connectivity index (χ4v) is 2.31. The Bertz CT molecular complexity index is 589. The van der Waals surface area contributed by atoms with Crippen LogP contribution in [0.1, 0.15) is 11.1 Å². The Morgan fingerprint density at radius 3 is 2.82 bits per heavy atom. The Kier molecular flexibility index (Phi) is 3.35. The van der Waals surface area contributed by atoms with Gasteiger partial charge in [0.15, 0.2) is 5.16 Å². The van der Waals surface area contributed by atoms with Gasteiger partial charge in [-0.15, -0.1) is 5.10 Å². The van der Waals surface area contributed by atoms with E-state index in [-0.39, 0.29) is 12.3 Å². The Morgan fingerprint density at radius 1 is 1.53 bits per heavy atom. The van der Waals surface area contributed by atoms with Crippen LogP contribution in [-0.2, 0) is 13.7 Å². The van der Waals surface area contributed by atoms with Crippen LogP contribution in [0.4, 0.5) is 0 Å². The second-order valence-corrected chi connectivity index (χ2v) is 4.74. The summed E-state index contributed by atoms with van der Waals surface area (Å²) < 4.78 is 1.46. The summed E-state index contributed by atoms with van der Waals surface area (Å²) in [5.74, 6) is 0. The molecule has 1 heterocycles. The van der Waals surface area contributed by atoms with Gasteiger partial charge in [-0.1, -0.05) is 12.1 Å². The van der Waals surface area contributed by atoms with Crippen LogP contribution < -0.4 is 5.69 Å². The minimum Gasteiger partial charge on any atom is -0.392 e. The molecule has 0 bridgehead atoms. The fraction of sp³-hybridized carbons (Fsp3) is 0.273. The Morgan fingerprint density at radius 2 is 2.29 bits per heavy atom. The predicted octanol–water partition coefficient (Wildman–Crippen LogP) is 1.06. The number of hydrogen-bond acceptors (Lipinski definition) is 4. The standard InChI is InChI=1S/C11H13N3O2S/c1-7-5-8(6-15)3-4-9(7)17-11-13-12-10(16)14(11)2/h3-5,15H,6H2,1-2H3,(H,12,16). The van der Waals surface area contributed by atoms with Gasteiger partial charge in [0.1, 0.15) is 0 Å². The fourth-order valence-electron chi connectivity index (χ4n) is 1.45. The highest BCUT2D eigenvalue weighted by Gasteiger charge is 2.08. The molecule has 17 heavy (non-hydrogen) atoms. The van der Waals surface area contributed by atoms with Crippen LogP contribution in [0.3, 0.4) is 0 Å². The lowest BCUT2D eigenvalue weighted by Crippen LogP contribution is -2.12. The van der Waals surface area contributed by atoms with E-state index in [1.807, 2.05) is 25.1 Å². The molecule has 0 aliphatic carbocycles. The smallest absolute Gasteiger partial charge is 0.343 e. The van der Waals surface area contributed by atoms with Crippen molar-refractivity contribution >= 4 is 11.8 Å². The van der Waals surface area contributed by atoms with Gasteiger partial charge in [-0.25, -0.2) is 9.89 Å². The van der Waals surface area contributed by atoms with E-state index in [0.717, 1.165) is 16.0 Å². The third-order valence-corrected chi connectivity index (χ3v) is 3.69. The Hall–Kier alpha value is -1.53. The second-order valence-electron chi connectivity index (χ2n) is 3.73. The van der Waals surface area contributed by atoms with Crippen LogP contribution in [-0.4, -0.2) is 19.9 Å². The third kappa shape index (κ3) is 2.42. The van der Waals surface area contributed by atoms with Gasteiger partial charge in [-0.05, 0) is 35.9 Å². The van der Waals surface area contributed by atoms with Crippen molar-refractivity contribution in [3.8, 4) is 0 Å². The molecule has 2 rings (SSSR count). The first-order chi connectivity index (χ1) is 8.11. The molecule has 0 amide bonds. The van der Waals surface area contributed by atoms with Crippen molar-refractivity contribution in [3.63, 3.8) is 0 Å². The molecule has 0 saturated carbocycles. The van der Waals surface area contributed by atoms with E-state index in [4.69, 9.17) is 5.11 Å². The molecule has 0 aliphatic heterocycles. The number of aryl methyl sites for hydroxylation is 1. The number of rotatable bonds is 3. The van der Waals surface area contributed by atoms with Crippen molar-refractivity contribution in [1.29, 1.82) is 0 Å². The first kappa shape index (κ1) is 11.9. The van der Waals surface area contributed by atoms with Crippen molar-refractivity contribution in [2.45, 2.75) is 23.6 Å². The summed E-state index contributed by atoms with van der Waals surface area (Å²) in [5.41, 5.74) is 1.71.